The van der Waals surface area contributed by atoms with Gasteiger partial charge in [0.15, 0.2) is 5.69 Å². The number of nitrogens with zero attached hydrogens (tertiary/aromatic N) is 4. The van der Waals surface area contributed by atoms with E-state index >= 15 is 0 Å². The highest BCUT2D eigenvalue weighted by Gasteiger charge is 2.26. The largest absolute Gasteiger partial charge is 0.376 e. The third-order valence-electron chi connectivity index (χ3n) is 5.18. The molecule has 25 heavy (non-hydrogen) atoms. The lowest BCUT2D eigenvalue weighted by Gasteiger charge is -2.33. The Bertz CT molecular complexity index is 591. The van der Waals surface area contributed by atoms with Gasteiger partial charge in [0.05, 0.1) is 13.2 Å². The number of carbonyl (C=O) groups excluding carboxylic acids is 1. The quantitative estimate of drug-likeness (QED) is 0.827. The van der Waals surface area contributed by atoms with Crippen molar-refractivity contribution in [3.63, 3.8) is 0 Å². The molecular weight excluding hydrogens is 318 g/mol. The summed E-state index contributed by atoms with van der Waals surface area (Å²) in [6.07, 6.45) is 0.829. The molecule has 0 aromatic carbocycles. The lowest BCUT2D eigenvalue weighted by Crippen LogP contribution is -2.48. The van der Waals surface area contributed by atoms with Crippen LogP contribution in [0, 0.1) is 0 Å². The van der Waals surface area contributed by atoms with Crippen LogP contribution in [0.25, 0.3) is 0 Å². The molecule has 7 nitrogen and oxygen atoms in total. The lowest BCUT2D eigenvalue weighted by atomic mass is 10.1. The highest BCUT2D eigenvalue weighted by Crippen LogP contribution is 2.23. The second kappa shape index (κ2) is 8.29. The molecule has 1 saturated heterocycles. The topological polar surface area (TPSA) is 62.6 Å². The molecule has 0 radical (unpaired) electrons. The number of piperazine rings is 1. The Labute approximate surface area is 150 Å². The van der Waals surface area contributed by atoms with E-state index in [9.17, 15) is 4.79 Å². The predicted molar refractivity (Wildman–Crippen MR) is 96.9 cm³/mol. The van der Waals surface area contributed by atoms with Crippen LogP contribution >= 0.6 is 0 Å². The van der Waals surface area contributed by atoms with Crippen molar-refractivity contribution >= 4 is 5.91 Å². The second-order valence-corrected chi connectivity index (χ2v) is 7.15. The molecule has 0 aliphatic carbocycles. The van der Waals surface area contributed by atoms with Crippen LogP contribution < -0.4 is 5.32 Å². The number of aromatic nitrogens is 2. The first-order chi connectivity index (χ1) is 12.1. The van der Waals surface area contributed by atoms with E-state index in [-0.39, 0.29) is 11.9 Å². The zero-order valence-corrected chi connectivity index (χ0v) is 15.8. The molecule has 1 aromatic rings. The smallest absolute Gasteiger partial charge is 0.272 e. The zero-order valence-electron chi connectivity index (χ0n) is 15.8. The van der Waals surface area contributed by atoms with Gasteiger partial charge in [-0.1, -0.05) is 6.92 Å². The Morgan fingerprint density at radius 3 is 2.64 bits per heavy atom. The minimum absolute atomic E-state index is 0.0756. The summed E-state index contributed by atoms with van der Waals surface area (Å²) in [7, 11) is 0. The molecule has 0 spiro atoms. The molecule has 3 rings (SSSR count). The third-order valence-corrected chi connectivity index (χ3v) is 5.18. The summed E-state index contributed by atoms with van der Waals surface area (Å²) < 4.78 is 7.54. The van der Waals surface area contributed by atoms with Gasteiger partial charge in [0, 0.05) is 63.0 Å². The Kier molecular flexibility index (Phi) is 6.09. The van der Waals surface area contributed by atoms with E-state index < -0.39 is 0 Å². The third kappa shape index (κ3) is 4.22. The molecule has 1 N–H and O–H groups in total. The van der Waals surface area contributed by atoms with Gasteiger partial charge in [0.25, 0.3) is 5.91 Å². The first-order valence-electron chi connectivity index (χ1n) is 9.51. The summed E-state index contributed by atoms with van der Waals surface area (Å²) in [6.45, 7) is 14.7. The maximum Gasteiger partial charge on any atom is 0.272 e. The summed E-state index contributed by atoms with van der Waals surface area (Å²) >= 11 is 0. The summed E-state index contributed by atoms with van der Waals surface area (Å²) in [4.78, 5) is 17.5. The van der Waals surface area contributed by atoms with Crippen molar-refractivity contribution in [3.05, 3.63) is 17.0 Å². The van der Waals surface area contributed by atoms with E-state index in [1.807, 2.05) is 4.68 Å². The van der Waals surface area contributed by atoms with Gasteiger partial charge in [0.2, 0.25) is 0 Å². The van der Waals surface area contributed by atoms with Gasteiger partial charge in [-0.15, -0.1) is 0 Å². The van der Waals surface area contributed by atoms with Gasteiger partial charge in [-0.3, -0.25) is 14.4 Å². The average molecular weight is 349 g/mol. The molecular formula is C18H31N5O2. The first kappa shape index (κ1) is 18.4. The summed E-state index contributed by atoms with van der Waals surface area (Å²) in [5, 5.41) is 7.63. The molecule has 3 heterocycles. The number of nitrogens with one attached hydrogen (secondary N) is 1. The van der Waals surface area contributed by atoms with Gasteiger partial charge in [-0.05, 0) is 20.4 Å². The number of ether oxygens (including phenoxy) is 1. The van der Waals surface area contributed by atoms with E-state index in [2.05, 4.69) is 41.0 Å². The SMILES string of the molecule is CCN1CCN(CCNC(=O)c2nn(C(C)C)c3c2COCC3)CC1. The van der Waals surface area contributed by atoms with Gasteiger partial charge in [-0.2, -0.15) is 5.10 Å². The number of fused-ring (bicyclic) bond motifs is 1. The fraction of sp³-hybridized carbons (Fsp3) is 0.778. The van der Waals surface area contributed by atoms with Crippen LogP contribution in [0.1, 0.15) is 48.6 Å². The Hall–Kier alpha value is -1.44. The molecule has 2 aliphatic heterocycles. The second-order valence-electron chi connectivity index (χ2n) is 7.15. The minimum Gasteiger partial charge on any atom is -0.376 e. The van der Waals surface area contributed by atoms with E-state index in [1.54, 1.807) is 0 Å². The van der Waals surface area contributed by atoms with Gasteiger partial charge < -0.3 is 15.0 Å². The molecule has 1 amide bonds. The number of rotatable bonds is 6. The Morgan fingerprint density at radius 2 is 1.96 bits per heavy atom. The number of amides is 1. The van der Waals surface area contributed by atoms with Crippen LogP contribution in [0.5, 0.6) is 0 Å². The van der Waals surface area contributed by atoms with Crippen LogP contribution in [-0.2, 0) is 17.8 Å². The maximum absolute atomic E-state index is 12.6. The predicted octanol–water partition coefficient (Wildman–Crippen LogP) is 0.904. The molecule has 0 unspecified atom stereocenters. The zero-order chi connectivity index (χ0) is 17.8. The summed E-state index contributed by atoms with van der Waals surface area (Å²) in [5.74, 6) is -0.0756. The standard InChI is InChI=1S/C18H31N5O2/c1-4-21-8-10-22(11-9-21)7-6-19-18(24)17-15-13-25-12-5-16(15)23(20-17)14(2)3/h14H,4-13H2,1-3H3,(H,19,24). The molecule has 7 heteroatoms. The van der Waals surface area contributed by atoms with Crippen molar-refractivity contribution in [2.24, 2.45) is 0 Å². The average Bonchev–Trinajstić information content (AvgIpc) is 3.02. The Morgan fingerprint density at radius 1 is 1.24 bits per heavy atom. The van der Waals surface area contributed by atoms with Crippen molar-refractivity contribution in [3.8, 4) is 0 Å². The van der Waals surface area contributed by atoms with Gasteiger partial charge >= 0.3 is 0 Å². The highest BCUT2D eigenvalue weighted by atomic mass is 16.5. The van der Waals surface area contributed by atoms with Crippen molar-refractivity contribution < 1.29 is 9.53 Å². The number of hydrogen-bond acceptors (Lipinski definition) is 5. The first-order valence-corrected chi connectivity index (χ1v) is 9.51. The lowest BCUT2D eigenvalue weighted by molar-refractivity contribution is 0.0911. The van der Waals surface area contributed by atoms with Crippen molar-refractivity contribution in [1.82, 2.24) is 24.9 Å². The van der Waals surface area contributed by atoms with Crippen molar-refractivity contribution in [1.29, 1.82) is 0 Å². The van der Waals surface area contributed by atoms with Crippen LogP contribution in [0.4, 0.5) is 0 Å². The van der Waals surface area contributed by atoms with E-state index in [0.717, 1.165) is 56.9 Å². The van der Waals surface area contributed by atoms with E-state index in [4.69, 9.17) is 4.74 Å². The monoisotopic (exact) mass is 349 g/mol. The van der Waals surface area contributed by atoms with Gasteiger partial charge in [0.1, 0.15) is 0 Å². The maximum atomic E-state index is 12.6. The van der Waals surface area contributed by atoms with Crippen LogP contribution in [0.15, 0.2) is 0 Å². The van der Waals surface area contributed by atoms with Crippen LogP contribution in [-0.4, -0.2) is 77.9 Å². The minimum atomic E-state index is -0.0756. The summed E-state index contributed by atoms with van der Waals surface area (Å²) in [5.41, 5.74) is 2.66. The highest BCUT2D eigenvalue weighted by molar-refractivity contribution is 5.94. The van der Waals surface area contributed by atoms with Crippen molar-refractivity contribution in [2.45, 2.75) is 39.8 Å². The molecule has 1 fully saturated rings. The van der Waals surface area contributed by atoms with Crippen LogP contribution in [0.3, 0.4) is 0 Å². The molecule has 0 atom stereocenters. The molecule has 1 aromatic heterocycles. The molecule has 140 valence electrons. The fourth-order valence-corrected chi connectivity index (χ4v) is 3.61. The molecule has 2 aliphatic rings. The van der Waals surface area contributed by atoms with Crippen molar-refractivity contribution in [2.75, 3.05) is 52.4 Å². The van der Waals surface area contributed by atoms with E-state index in [0.29, 0.717) is 25.5 Å². The molecule has 0 saturated carbocycles. The number of carbonyl (C=O) groups is 1. The van der Waals surface area contributed by atoms with Gasteiger partial charge in [-0.25, -0.2) is 0 Å². The number of hydrogen-bond donors (Lipinski definition) is 1. The van der Waals surface area contributed by atoms with E-state index in [1.165, 1.54) is 0 Å². The molecule has 0 bridgehead atoms. The summed E-state index contributed by atoms with van der Waals surface area (Å²) in [6, 6.07) is 0.253. The van der Waals surface area contributed by atoms with Crippen LogP contribution in [0.2, 0.25) is 0 Å². The fourth-order valence-electron chi connectivity index (χ4n) is 3.61. The Balaban J connectivity index is 1.55. The number of likely N-dealkylation sites (N-methyl/N-ethyl adjacent to an activating group) is 1. The normalized spacial score (nSPS) is 19.2.